The second-order valence-electron chi connectivity index (χ2n) is 6.30. The summed E-state index contributed by atoms with van der Waals surface area (Å²) in [7, 11) is 3.12. The molecule has 0 atom stereocenters. The zero-order valence-corrected chi connectivity index (χ0v) is 17.1. The summed E-state index contributed by atoms with van der Waals surface area (Å²) in [6.07, 6.45) is 0. The van der Waals surface area contributed by atoms with Gasteiger partial charge in [0.2, 0.25) is 0 Å². The van der Waals surface area contributed by atoms with Crippen molar-refractivity contribution in [1.29, 1.82) is 0 Å². The predicted octanol–water partition coefficient (Wildman–Crippen LogP) is 5.68. The molecule has 4 rings (SSSR count). The minimum Gasteiger partial charge on any atom is -0.493 e. The topological polar surface area (TPSA) is 60.5 Å². The summed E-state index contributed by atoms with van der Waals surface area (Å²) in [5.74, 6) is 0.928. The summed E-state index contributed by atoms with van der Waals surface area (Å²) >= 11 is 7.76. The summed E-state index contributed by atoms with van der Waals surface area (Å²) in [5.41, 5.74) is 2.56. The maximum absolute atomic E-state index is 12.8. The Labute approximate surface area is 170 Å². The molecule has 0 saturated carbocycles. The Morgan fingerprint density at radius 2 is 1.82 bits per heavy atom. The molecular weight excluding hydrogens is 396 g/mol. The first-order valence-electron chi connectivity index (χ1n) is 8.53. The van der Waals surface area contributed by atoms with Crippen LogP contribution in [0.5, 0.6) is 11.5 Å². The van der Waals surface area contributed by atoms with Crippen molar-refractivity contribution >= 4 is 55.5 Å². The number of aromatic nitrogens is 1. The number of ether oxygens (including phenoxy) is 2. The number of hydrogen-bond donors (Lipinski definition) is 1. The minimum absolute atomic E-state index is 0.217. The maximum Gasteiger partial charge on any atom is 0.265 e. The smallest absolute Gasteiger partial charge is 0.265 e. The standard InChI is InChI=1S/C21H17ClN2O3S/c1-11-4-6-15-13(8-11)19-14(20(22)24-15)10-18(28-19)21(25)23-12-5-7-16(26-2)17(9-12)27-3/h4-10H,1-3H3,(H,23,25). The highest BCUT2D eigenvalue weighted by atomic mass is 35.5. The number of aryl methyl sites for hydroxylation is 1. The molecule has 2 heterocycles. The summed E-state index contributed by atoms with van der Waals surface area (Å²) in [5, 5.41) is 5.07. The molecule has 0 radical (unpaired) electrons. The van der Waals surface area contributed by atoms with E-state index in [-0.39, 0.29) is 5.91 Å². The average molecular weight is 413 g/mol. The number of pyridine rings is 1. The molecule has 5 nitrogen and oxygen atoms in total. The van der Waals surface area contributed by atoms with Gasteiger partial charge in [0.25, 0.3) is 5.91 Å². The fourth-order valence-corrected chi connectivity index (χ4v) is 4.43. The van der Waals surface area contributed by atoms with Crippen LogP contribution in [0.4, 0.5) is 5.69 Å². The van der Waals surface area contributed by atoms with Crippen LogP contribution in [0.25, 0.3) is 21.0 Å². The zero-order chi connectivity index (χ0) is 19.8. The van der Waals surface area contributed by atoms with Crippen LogP contribution in [0.2, 0.25) is 5.15 Å². The molecule has 0 aliphatic rings. The molecule has 2 aromatic carbocycles. The highest BCUT2D eigenvalue weighted by Crippen LogP contribution is 2.37. The SMILES string of the molecule is COc1ccc(NC(=O)c2cc3c(Cl)nc4ccc(C)cc4c3s2)cc1OC. The van der Waals surface area contributed by atoms with Gasteiger partial charge in [-0.2, -0.15) is 0 Å². The number of nitrogens with one attached hydrogen (secondary N) is 1. The fourth-order valence-electron chi connectivity index (χ4n) is 3.06. The summed E-state index contributed by atoms with van der Waals surface area (Å²) in [4.78, 5) is 17.8. The van der Waals surface area contributed by atoms with Crippen LogP contribution in [0, 0.1) is 6.92 Å². The third-order valence-electron chi connectivity index (χ3n) is 4.43. The highest BCUT2D eigenvalue weighted by Gasteiger charge is 2.16. The van der Waals surface area contributed by atoms with Crippen LogP contribution in [-0.2, 0) is 0 Å². The lowest BCUT2D eigenvalue weighted by Gasteiger charge is -2.10. The average Bonchev–Trinajstić information content (AvgIpc) is 3.15. The van der Waals surface area contributed by atoms with Crippen molar-refractivity contribution in [3.63, 3.8) is 0 Å². The number of rotatable bonds is 4. The maximum atomic E-state index is 12.8. The monoisotopic (exact) mass is 412 g/mol. The van der Waals surface area contributed by atoms with Gasteiger partial charge in [-0.3, -0.25) is 4.79 Å². The Kier molecular flexibility index (Phi) is 4.83. The van der Waals surface area contributed by atoms with Crippen molar-refractivity contribution < 1.29 is 14.3 Å². The van der Waals surface area contributed by atoms with Crippen molar-refractivity contribution in [3.05, 3.63) is 58.1 Å². The first-order valence-corrected chi connectivity index (χ1v) is 9.72. The molecule has 2 aromatic heterocycles. The number of carbonyl (C=O) groups excluding carboxylic acids is 1. The molecule has 0 aliphatic heterocycles. The number of halogens is 1. The molecule has 28 heavy (non-hydrogen) atoms. The number of fused-ring (bicyclic) bond motifs is 3. The Morgan fingerprint density at radius 3 is 2.57 bits per heavy atom. The third-order valence-corrected chi connectivity index (χ3v) is 5.89. The number of methoxy groups -OCH3 is 2. The summed E-state index contributed by atoms with van der Waals surface area (Å²) in [6, 6.07) is 13.0. The van der Waals surface area contributed by atoms with Crippen LogP contribution in [0.1, 0.15) is 15.2 Å². The Hall–Kier alpha value is -2.83. The van der Waals surface area contributed by atoms with Crippen LogP contribution >= 0.6 is 22.9 Å². The van der Waals surface area contributed by atoms with Crippen molar-refractivity contribution in [2.45, 2.75) is 6.92 Å². The molecule has 1 amide bonds. The lowest BCUT2D eigenvalue weighted by Crippen LogP contribution is -2.10. The first kappa shape index (κ1) is 18.5. The number of nitrogens with zero attached hydrogens (tertiary/aromatic N) is 1. The van der Waals surface area contributed by atoms with Gasteiger partial charge in [0, 0.05) is 27.2 Å². The summed E-state index contributed by atoms with van der Waals surface area (Å²) in [6.45, 7) is 2.03. The van der Waals surface area contributed by atoms with E-state index < -0.39 is 0 Å². The van der Waals surface area contributed by atoms with Gasteiger partial charge in [0.15, 0.2) is 11.5 Å². The molecule has 7 heteroatoms. The number of carbonyl (C=O) groups is 1. The number of anilines is 1. The van der Waals surface area contributed by atoms with Crippen molar-refractivity contribution in [2.75, 3.05) is 19.5 Å². The van der Waals surface area contributed by atoms with Crippen LogP contribution in [-0.4, -0.2) is 25.1 Å². The Balaban J connectivity index is 1.73. The van der Waals surface area contributed by atoms with Gasteiger partial charge in [0.1, 0.15) is 5.15 Å². The van der Waals surface area contributed by atoms with E-state index in [0.717, 1.165) is 26.6 Å². The van der Waals surface area contributed by atoms with Gasteiger partial charge in [-0.25, -0.2) is 4.98 Å². The quantitative estimate of drug-likeness (QED) is 0.438. The van der Waals surface area contributed by atoms with Gasteiger partial charge in [-0.1, -0.05) is 23.2 Å². The number of hydrogen-bond acceptors (Lipinski definition) is 5. The van der Waals surface area contributed by atoms with Gasteiger partial charge in [-0.05, 0) is 37.3 Å². The van der Waals surface area contributed by atoms with E-state index in [9.17, 15) is 4.79 Å². The molecule has 0 saturated heterocycles. The largest absolute Gasteiger partial charge is 0.493 e. The molecular formula is C21H17ClN2O3S. The van der Waals surface area contributed by atoms with Crippen molar-refractivity contribution in [3.8, 4) is 11.5 Å². The molecule has 1 N–H and O–H groups in total. The zero-order valence-electron chi connectivity index (χ0n) is 15.5. The van der Waals surface area contributed by atoms with Gasteiger partial charge in [-0.15, -0.1) is 11.3 Å². The van der Waals surface area contributed by atoms with Crippen molar-refractivity contribution in [1.82, 2.24) is 4.98 Å². The number of thiophene rings is 1. The third kappa shape index (κ3) is 3.25. The van der Waals surface area contributed by atoms with E-state index in [1.165, 1.54) is 11.3 Å². The lowest BCUT2D eigenvalue weighted by molar-refractivity contribution is 0.103. The predicted molar refractivity (Wildman–Crippen MR) is 114 cm³/mol. The second-order valence-corrected chi connectivity index (χ2v) is 7.71. The van der Waals surface area contributed by atoms with Gasteiger partial charge < -0.3 is 14.8 Å². The van der Waals surface area contributed by atoms with Crippen LogP contribution in [0.15, 0.2) is 42.5 Å². The number of amides is 1. The van der Waals surface area contributed by atoms with Gasteiger partial charge in [0.05, 0.1) is 24.6 Å². The Bertz CT molecular complexity index is 1220. The molecule has 142 valence electrons. The minimum atomic E-state index is -0.217. The molecule has 4 aromatic rings. The first-order chi connectivity index (χ1) is 13.5. The molecule has 0 spiro atoms. The second kappa shape index (κ2) is 7.30. The van der Waals surface area contributed by atoms with E-state index in [1.54, 1.807) is 38.5 Å². The van der Waals surface area contributed by atoms with Gasteiger partial charge >= 0.3 is 0 Å². The molecule has 0 aliphatic carbocycles. The van der Waals surface area contributed by atoms with E-state index >= 15 is 0 Å². The number of benzene rings is 2. The molecule has 0 fully saturated rings. The van der Waals surface area contributed by atoms with Crippen molar-refractivity contribution in [2.24, 2.45) is 0 Å². The van der Waals surface area contributed by atoms with E-state index in [0.29, 0.717) is 27.2 Å². The van der Waals surface area contributed by atoms with Crippen LogP contribution in [0.3, 0.4) is 0 Å². The lowest BCUT2D eigenvalue weighted by atomic mass is 10.1. The van der Waals surface area contributed by atoms with E-state index in [4.69, 9.17) is 21.1 Å². The fraction of sp³-hybridized carbons (Fsp3) is 0.143. The summed E-state index contributed by atoms with van der Waals surface area (Å²) < 4.78 is 11.5. The Morgan fingerprint density at radius 1 is 1.04 bits per heavy atom. The normalized spacial score (nSPS) is 11.0. The van der Waals surface area contributed by atoms with E-state index in [2.05, 4.69) is 16.4 Å². The highest BCUT2D eigenvalue weighted by molar-refractivity contribution is 7.22. The molecule has 0 bridgehead atoms. The van der Waals surface area contributed by atoms with E-state index in [1.807, 2.05) is 19.1 Å². The molecule has 0 unspecified atom stereocenters. The van der Waals surface area contributed by atoms with Crippen LogP contribution < -0.4 is 14.8 Å².